The molecular weight excluding hydrogens is 232 g/mol. The van der Waals surface area contributed by atoms with Crippen LogP contribution in [0.5, 0.6) is 11.5 Å². The zero-order valence-corrected chi connectivity index (χ0v) is 9.53. The van der Waals surface area contributed by atoms with E-state index in [-0.39, 0.29) is 5.75 Å². The largest absolute Gasteiger partial charge is 0.490 e. The third-order valence-corrected chi connectivity index (χ3v) is 2.66. The second-order valence-corrected chi connectivity index (χ2v) is 4.63. The Bertz CT molecular complexity index is 500. The smallest absolute Gasteiger partial charge is 0.380 e. The van der Waals surface area contributed by atoms with Crippen molar-refractivity contribution in [2.24, 2.45) is 5.14 Å². The summed E-state index contributed by atoms with van der Waals surface area (Å²) in [5, 5.41) is 4.78. The number of rotatable bonds is 2. The highest BCUT2D eigenvalue weighted by atomic mass is 32.2. The van der Waals surface area contributed by atoms with E-state index in [0.717, 1.165) is 12.2 Å². The van der Waals surface area contributed by atoms with Crippen LogP contribution in [0, 0.1) is 0 Å². The number of anilines is 1. The molecule has 1 heterocycles. The Labute approximate surface area is 93.8 Å². The highest BCUT2D eigenvalue weighted by Crippen LogP contribution is 2.34. The summed E-state index contributed by atoms with van der Waals surface area (Å²) in [5.41, 5.74) is 0.785. The van der Waals surface area contributed by atoms with Gasteiger partial charge in [-0.25, -0.2) is 0 Å². The molecule has 88 valence electrons. The number of nitrogens with two attached hydrogens (primary N) is 1. The van der Waals surface area contributed by atoms with Crippen molar-refractivity contribution in [3.8, 4) is 11.5 Å². The minimum atomic E-state index is -3.98. The maximum Gasteiger partial charge on any atom is 0.380 e. The van der Waals surface area contributed by atoms with Gasteiger partial charge in [-0.2, -0.15) is 13.6 Å². The SMILES string of the molecule is CN1CCOc2ccc(OS(N)(=O)=O)cc21. The predicted octanol–water partition coefficient (Wildman–Crippen LogP) is 0.0975. The Hall–Kier alpha value is -1.47. The summed E-state index contributed by atoms with van der Waals surface area (Å²) in [6.07, 6.45) is 0. The van der Waals surface area contributed by atoms with Gasteiger partial charge in [-0.15, -0.1) is 0 Å². The standard InChI is InChI=1S/C9H12N2O4S/c1-11-4-5-14-9-3-2-7(6-8(9)11)15-16(10,12)13/h2-3,6H,4-5H2,1H3,(H2,10,12,13). The number of hydrogen-bond donors (Lipinski definition) is 1. The number of ether oxygens (including phenoxy) is 1. The Morgan fingerprint density at radius 2 is 2.25 bits per heavy atom. The Balaban J connectivity index is 2.34. The number of hydrogen-bond acceptors (Lipinski definition) is 5. The van der Waals surface area contributed by atoms with Gasteiger partial charge in [0.1, 0.15) is 18.1 Å². The van der Waals surface area contributed by atoms with Gasteiger partial charge in [0, 0.05) is 13.1 Å². The van der Waals surface area contributed by atoms with Crippen LogP contribution in [0.1, 0.15) is 0 Å². The molecule has 16 heavy (non-hydrogen) atoms. The molecule has 6 nitrogen and oxygen atoms in total. The van der Waals surface area contributed by atoms with Crippen LogP contribution in [-0.4, -0.2) is 28.6 Å². The Morgan fingerprint density at radius 3 is 2.94 bits per heavy atom. The number of nitrogens with zero attached hydrogens (tertiary/aromatic N) is 1. The molecule has 1 aliphatic heterocycles. The van der Waals surface area contributed by atoms with Crippen molar-refractivity contribution in [2.75, 3.05) is 25.1 Å². The van der Waals surface area contributed by atoms with E-state index in [1.807, 2.05) is 11.9 Å². The monoisotopic (exact) mass is 244 g/mol. The van der Waals surface area contributed by atoms with Crippen LogP contribution in [0.3, 0.4) is 0 Å². The van der Waals surface area contributed by atoms with E-state index < -0.39 is 10.3 Å². The van der Waals surface area contributed by atoms with E-state index >= 15 is 0 Å². The van der Waals surface area contributed by atoms with Gasteiger partial charge in [-0.1, -0.05) is 0 Å². The maximum atomic E-state index is 10.8. The van der Waals surface area contributed by atoms with Crippen LogP contribution >= 0.6 is 0 Å². The van der Waals surface area contributed by atoms with Crippen molar-refractivity contribution in [2.45, 2.75) is 0 Å². The molecule has 0 radical (unpaired) electrons. The molecule has 0 aliphatic carbocycles. The molecule has 1 aromatic carbocycles. The molecule has 7 heteroatoms. The molecule has 1 aromatic rings. The average molecular weight is 244 g/mol. The molecular formula is C9H12N2O4S. The van der Waals surface area contributed by atoms with Gasteiger partial charge in [0.25, 0.3) is 0 Å². The van der Waals surface area contributed by atoms with E-state index in [0.29, 0.717) is 12.4 Å². The van der Waals surface area contributed by atoms with Crippen LogP contribution in [0.25, 0.3) is 0 Å². The lowest BCUT2D eigenvalue weighted by atomic mass is 10.2. The molecule has 0 atom stereocenters. The molecule has 0 aromatic heterocycles. The lowest BCUT2D eigenvalue weighted by Crippen LogP contribution is -2.28. The fourth-order valence-corrected chi connectivity index (χ4v) is 1.89. The van der Waals surface area contributed by atoms with Gasteiger partial charge in [-0.3, -0.25) is 0 Å². The van der Waals surface area contributed by atoms with Crippen LogP contribution in [-0.2, 0) is 10.3 Å². The summed E-state index contributed by atoms with van der Waals surface area (Å²) >= 11 is 0. The Morgan fingerprint density at radius 1 is 1.50 bits per heavy atom. The Kier molecular flexibility index (Phi) is 2.64. The van der Waals surface area contributed by atoms with E-state index in [4.69, 9.17) is 9.88 Å². The van der Waals surface area contributed by atoms with Crippen molar-refractivity contribution >= 4 is 16.0 Å². The molecule has 0 saturated heterocycles. The zero-order valence-electron chi connectivity index (χ0n) is 8.71. The summed E-state index contributed by atoms with van der Waals surface area (Å²) in [5.74, 6) is 0.883. The van der Waals surface area contributed by atoms with E-state index in [2.05, 4.69) is 4.18 Å². The molecule has 0 bridgehead atoms. The van der Waals surface area contributed by atoms with Gasteiger partial charge in [0.2, 0.25) is 0 Å². The van der Waals surface area contributed by atoms with Gasteiger partial charge >= 0.3 is 10.3 Å². The molecule has 2 N–H and O–H groups in total. The zero-order chi connectivity index (χ0) is 11.8. The third kappa shape index (κ3) is 2.37. The van der Waals surface area contributed by atoms with Gasteiger partial charge in [0.15, 0.2) is 0 Å². The normalized spacial score (nSPS) is 15.2. The number of benzene rings is 1. The summed E-state index contributed by atoms with van der Waals surface area (Å²) in [7, 11) is -2.09. The molecule has 0 fully saturated rings. The fourth-order valence-electron chi connectivity index (χ4n) is 1.52. The lowest BCUT2D eigenvalue weighted by molar-refractivity contribution is 0.311. The second kappa shape index (κ2) is 3.84. The first-order valence-corrected chi connectivity index (χ1v) is 6.13. The molecule has 0 spiro atoms. The third-order valence-electron chi connectivity index (χ3n) is 2.24. The topological polar surface area (TPSA) is 81.9 Å². The van der Waals surface area contributed by atoms with E-state index in [1.54, 1.807) is 12.1 Å². The van der Waals surface area contributed by atoms with Crippen molar-refractivity contribution < 1.29 is 17.3 Å². The summed E-state index contributed by atoms with van der Waals surface area (Å²) < 4.78 is 31.5. The molecule has 1 aliphatic rings. The van der Waals surface area contributed by atoms with E-state index in [1.165, 1.54) is 6.07 Å². The molecule has 0 unspecified atom stereocenters. The van der Waals surface area contributed by atoms with Crippen molar-refractivity contribution in [3.05, 3.63) is 18.2 Å². The van der Waals surface area contributed by atoms with Crippen LogP contribution in [0.15, 0.2) is 18.2 Å². The summed E-state index contributed by atoms with van der Waals surface area (Å²) in [6, 6.07) is 4.74. The minimum absolute atomic E-state index is 0.179. The van der Waals surface area contributed by atoms with E-state index in [9.17, 15) is 8.42 Å². The van der Waals surface area contributed by atoms with Gasteiger partial charge in [0.05, 0.1) is 12.2 Å². The highest BCUT2D eigenvalue weighted by molar-refractivity contribution is 7.84. The van der Waals surface area contributed by atoms with Crippen molar-refractivity contribution in [1.29, 1.82) is 0 Å². The van der Waals surface area contributed by atoms with Crippen molar-refractivity contribution in [1.82, 2.24) is 0 Å². The quantitative estimate of drug-likeness (QED) is 0.797. The molecule has 2 rings (SSSR count). The van der Waals surface area contributed by atoms with Crippen LogP contribution in [0.2, 0.25) is 0 Å². The lowest BCUT2D eigenvalue weighted by Gasteiger charge is -2.27. The molecule has 0 amide bonds. The summed E-state index contributed by atoms with van der Waals surface area (Å²) in [6.45, 7) is 1.35. The first-order chi connectivity index (χ1) is 7.46. The summed E-state index contributed by atoms with van der Waals surface area (Å²) in [4.78, 5) is 1.95. The first-order valence-electron chi connectivity index (χ1n) is 4.66. The van der Waals surface area contributed by atoms with Crippen LogP contribution in [0.4, 0.5) is 5.69 Å². The highest BCUT2D eigenvalue weighted by Gasteiger charge is 2.16. The maximum absolute atomic E-state index is 10.8. The first kappa shape index (κ1) is 11.0. The van der Waals surface area contributed by atoms with Crippen LogP contribution < -0.4 is 19.0 Å². The van der Waals surface area contributed by atoms with Gasteiger partial charge in [-0.05, 0) is 12.1 Å². The predicted molar refractivity (Wildman–Crippen MR) is 58.9 cm³/mol. The second-order valence-electron chi connectivity index (χ2n) is 3.48. The number of fused-ring (bicyclic) bond motifs is 1. The number of likely N-dealkylation sites (N-methyl/N-ethyl adjacent to an activating group) is 1. The minimum Gasteiger partial charge on any atom is -0.490 e. The average Bonchev–Trinajstić information content (AvgIpc) is 2.17. The van der Waals surface area contributed by atoms with Gasteiger partial charge < -0.3 is 13.8 Å². The fraction of sp³-hybridized carbons (Fsp3) is 0.333. The van der Waals surface area contributed by atoms with Crippen molar-refractivity contribution in [3.63, 3.8) is 0 Å². The molecule has 0 saturated carbocycles.